The third-order valence-corrected chi connectivity index (χ3v) is 14.1. The second-order valence-corrected chi connectivity index (χ2v) is 20.7. The summed E-state index contributed by atoms with van der Waals surface area (Å²) >= 11 is 0. The van der Waals surface area contributed by atoms with Gasteiger partial charge in [0.05, 0.1) is 0 Å². The third-order valence-electron chi connectivity index (χ3n) is 14.1. The second kappa shape index (κ2) is 15.5. The Bertz CT molecular complexity index is 3650. The quantitative estimate of drug-likeness (QED) is 0.166. The van der Waals surface area contributed by atoms with Crippen LogP contribution in [0.2, 0.25) is 0 Å². The highest BCUT2D eigenvalue weighted by molar-refractivity contribution is 6.11. The van der Waals surface area contributed by atoms with Gasteiger partial charge in [-0.25, -0.2) is 0 Å². The summed E-state index contributed by atoms with van der Waals surface area (Å²) < 4.78 is 6.81. The Labute approximate surface area is 393 Å². The monoisotopic (exact) mass is 866 g/mol. The summed E-state index contributed by atoms with van der Waals surface area (Å²) in [5, 5.41) is 7.15. The van der Waals surface area contributed by atoms with Crippen LogP contribution in [-0.4, -0.2) is 0 Å². The Hall–Kier alpha value is -7.62. The minimum Gasteiger partial charge on any atom is -0.456 e. The van der Waals surface area contributed by atoms with Crippen LogP contribution in [0.15, 0.2) is 186 Å². The molecular weight excluding hydrogens is 813 g/mol. The molecule has 0 N–H and O–H groups in total. The van der Waals surface area contributed by atoms with Crippen molar-refractivity contribution >= 4 is 89.8 Å². The topological polar surface area (TPSA) is 19.6 Å². The number of rotatable bonds is 6. The first-order chi connectivity index (χ1) is 32.4. The molecule has 0 spiro atoms. The van der Waals surface area contributed by atoms with Crippen LogP contribution < -0.4 is 9.80 Å². The number of furan rings is 1. The van der Waals surface area contributed by atoms with E-state index in [0.717, 1.165) is 68.9 Å². The van der Waals surface area contributed by atoms with Crippen molar-refractivity contribution in [2.75, 3.05) is 9.80 Å². The van der Waals surface area contributed by atoms with Gasteiger partial charge in [0.25, 0.3) is 0 Å². The SMILES string of the molecule is CC(C)(C)c1ccc(N(c2ccc3c(c2)Cc2cc4cc5c(cc4cc2-3)oc2cc(N(c3ccc(C(C)(C)C)cc3)c3ccc4c(c3)C=CCC=C4)ccc25)c2ccc3ccccc3c2)cc1. The number of nitrogens with zero attached hydrogens (tertiary/aromatic N) is 2. The Kier molecular flexibility index (Phi) is 9.45. The Balaban J connectivity index is 0.914. The van der Waals surface area contributed by atoms with Crippen LogP contribution in [-0.2, 0) is 17.3 Å². The van der Waals surface area contributed by atoms with Crippen molar-refractivity contribution in [3.05, 3.63) is 215 Å². The Morgan fingerprint density at radius 3 is 1.66 bits per heavy atom. The maximum atomic E-state index is 6.81. The summed E-state index contributed by atoms with van der Waals surface area (Å²) in [5.74, 6) is 0. The zero-order chi connectivity index (χ0) is 45.6. The van der Waals surface area contributed by atoms with E-state index in [0.29, 0.717) is 0 Å². The molecule has 0 radical (unpaired) electrons. The highest BCUT2D eigenvalue weighted by Crippen LogP contribution is 2.46. The van der Waals surface area contributed by atoms with Crippen LogP contribution in [0, 0.1) is 0 Å². The first kappa shape index (κ1) is 40.9. The minimum atomic E-state index is 0.0644. The molecule has 1 aromatic heterocycles. The Morgan fingerprint density at radius 2 is 0.940 bits per heavy atom. The van der Waals surface area contributed by atoms with Crippen molar-refractivity contribution in [1.82, 2.24) is 0 Å². The van der Waals surface area contributed by atoms with Crippen molar-refractivity contribution in [1.29, 1.82) is 0 Å². The van der Waals surface area contributed by atoms with E-state index in [-0.39, 0.29) is 10.8 Å². The molecule has 9 aromatic carbocycles. The fourth-order valence-electron chi connectivity index (χ4n) is 10.4. The molecule has 0 fully saturated rings. The van der Waals surface area contributed by atoms with Crippen LogP contribution in [0.5, 0.6) is 0 Å². The van der Waals surface area contributed by atoms with Gasteiger partial charge in [-0.2, -0.15) is 0 Å². The molecule has 10 aromatic rings. The summed E-state index contributed by atoms with van der Waals surface area (Å²) in [6, 6.07) is 63.5. The number of hydrogen-bond donors (Lipinski definition) is 0. The largest absolute Gasteiger partial charge is 0.456 e. The summed E-state index contributed by atoms with van der Waals surface area (Å²) in [6.45, 7) is 13.6. The molecule has 0 atom stereocenters. The van der Waals surface area contributed by atoms with Crippen molar-refractivity contribution < 1.29 is 4.42 Å². The lowest BCUT2D eigenvalue weighted by atomic mass is 9.87. The summed E-state index contributed by atoms with van der Waals surface area (Å²) in [7, 11) is 0. The lowest BCUT2D eigenvalue weighted by Gasteiger charge is -2.27. The Morgan fingerprint density at radius 1 is 0.388 bits per heavy atom. The predicted molar refractivity (Wildman–Crippen MR) is 286 cm³/mol. The van der Waals surface area contributed by atoms with Crippen LogP contribution in [0.1, 0.15) is 81.3 Å². The zero-order valence-electron chi connectivity index (χ0n) is 39.2. The van der Waals surface area contributed by atoms with Gasteiger partial charge in [0, 0.05) is 51.0 Å². The molecule has 1 heterocycles. The lowest BCUT2D eigenvalue weighted by Crippen LogP contribution is -2.13. The van der Waals surface area contributed by atoms with Gasteiger partial charge in [0.2, 0.25) is 0 Å². The zero-order valence-corrected chi connectivity index (χ0v) is 39.2. The first-order valence-corrected chi connectivity index (χ1v) is 23.7. The number of benzene rings is 9. The fourth-order valence-corrected chi connectivity index (χ4v) is 10.4. The molecule has 3 nitrogen and oxygen atoms in total. The van der Waals surface area contributed by atoms with E-state index in [4.69, 9.17) is 4.42 Å². The maximum absolute atomic E-state index is 6.81. The van der Waals surface area contributed by atoms with E-state index in [1.54, 1.807) is 0 Å². The van der Waals surface area contributed by atoms with E-state index < -0.39 is 0 Å². The summed E-state index contributed by atoms with van der Waals surface area (Å²) in [6.07, 6.45) is 10.8. The van der Waals surface area contributed by atoms with Gasteiger partial charge in [-0.05, 0) is 181 Å². The average Bonchev–Trinajstić information content (AvgIpc) is 3.75. The van der Waals surface area contributed by atoms with Crippen molar-refractivity contribution in [3.8, 4) is 11.1 Å². The molecule has 3 heteroatoms. The van der Waals surface area contributed by atoms with Gasteiger partial charge in [-0.1, -0.05) is 139 Å². The van der Waals surface area contributed by atoms with Crippen LogP contribution in [0.25, 0.3) is 66.8 Å². The van der Waals surface area contributed by atoms with Crippen molar-refractivity contribution in [2.45, 2.75) is 65.2 Å². The summed E-state index contributed by atoms with van der Waals surface area (Å²) in [5.41, 5.74) is 19.1. The fraction of sp³-hybridized carbons (Fsp3) is 0.156. The van der Waals surface area contributed by atoms with Crippen molar-refractivity contribution in [2.24, 2.45) is 0 Å². The van der Waals surface area contributed by atoms with Crippen LogP contribution in [0.3, 0.4) is 0 Å². The number of hydrogen-bond acceptors (Lipinski definition) is 3. The minimum absolute atomic E-state index is 0.0644. The van der Waals surface area contributed by atoms with E-state index in [9.17, 15) is 0 Å². The molecule has 67 heavy (non-hydrogen) atoms. The molecule has 2 aliphatic rings. The molecule has 0 saturated carbocycles. The molecule has 0 saturated heterocycles. The van der Waals surface area contributed by atoms with E-state index in [1.165, 1.54) is 66.1 Å². The first-order valence-electron chi connectivity index (χ1n) is 23.7. The molecule has 12 rings (SSSR count). The van der Waals surface area contributed by atoms with E-state index in [2.05, 4.69) is 246 Å². The van der Waals surface area contributed by atoms with Crippen LogP contribution in [0.4, 0.5) is 34.1 Å². The standard InChI is InChI=1S/C64H54N2O/c1-63(2,3)49-18-24-51(25-19-49)65(53-22-17-42-13-10-11-15-44(42)35-53)55-28-30-57-48(36-55)33-47-32-45-38-60-58-31-29-56(40-62(58)67-61(60)39-46(45)37-59(47)57)66(52-26-20-50(21-27-52)64(4,5)6)54-23-16-41-12-8-7-9-14-43(41)34-54/h8-32,34-40H,7,33H2,1-6H3. The van der Waals surface area contributed by atoms with Gasteiger partial charge in [-0.15, -0.1) is 0 Å². The van der Waals surface area contributed by atoms with Gasteiger partial charge in [0.1, 0.15) is 11.2 Å². The van der Waals surface area contributed by atoms with Gasteiger partial charge >= 0.3 is 0 Å². The highest BCUT2D eigenvalue weighted by atomic mass is 16.3. The van der Waals surface area contributed by atoms with E-state index in [1.807, 2.05) is 0 Å². The molecule has 0 aliphatic heterocycles. The average molecular weight is 867 g/mol. The van der Waals surface area contributed by atoms with Gasteiger partial charge in [0.15, 0.2) is 0 Å². The number of fused-ring (bicyclic) bond motifs is 9. The second-order valence-electron chi connectivity index (χ2n) is 20.7. The van der Waals surface area contributed by atoms with Crippen molar-refractivity contribution in [3.63, 3.8) is 0 Å². The molecule has 2 aliphatic carbocycles. The van der Waals surface area contributed by atoms with Gasteiger partial charge in [-0.3, -0.25) is 0 Å². The number of anilines is 6. The third kappa shape index (κ3) is 7.31. The molecule has 326 valence electrons. The highest BCUT2D eigenvalue weighted by Gasteiger charge is 2.24. The predicted octanol–water partition coefficient (Wildman–Crippen LogP) is 18.4. The molecular formula is C64H54N2O. The molecule has 0 bridgehead atoms. The van der Waals surface area contributed by atoms with Gasteiger partial charge < -0.3 is 14.2 Å². The lowest BCUT2D eigenvalue weighted by molar-refractivity contribution is 0.590. The summed E-state index contributed by atoms with van der Waals surface area (Å²) in [4.78, 5) is 4.77. The van der Waals surface area contributed by atoms with E-state index >= 15 is 0 Å². The maximum Gasteiger partial charge on any atom is 0.137 e. The molecule has 0 unspecified atom stereocenters. The van der Waals surface area contributed by atoms with Crippen LogP contribution >= 0.6 is 0 Å². The molecule has 0 amide bonds. The normalized spacial score (nSPS) is 13.3. The smallest absolute Gasteiger partial charge is 0.137 e. The number of allylic oxidation sites excluding steroid dienone is 2.